The summed E-state index contributed by atoms with van der Waals surface area (Å²) in [5, 5.41) is 48.7. The summed E-state index contributed by atoms with van der Waals surface area (Å²) in [6, 6.07) is 42.4. The zero-order valence-electron chi connectivity index (χ0n) is 29.1. The molecule has 0 radical (unpaired) electrons. The van der Waals surface area contributed by atoms with E-state index in [2.05, 4.69) is 0 Å². The predicted molar refractivity (Wildman–Crippen MR) is 206 cm³/mol. The molecule has 0 heterocycles. The third-order valence-electron chi connectivity index (χ3n) is 9.45. The lowest BCUT2D eigenvalue weighted by molar-refractivity contribution is 0.102. The topological polar surface area (TPSA) is 149 Å². The Bertz CT molecular complexity index is 2250. The van der Waals surface area contributed by atoms with E-state index in [9.17, 15) is 39.6 Å². The average molecular weight is 725 g/mol. The van der Waals surface area contributed by atoms with Gasteiger partial charge in [0, 0.05) is 39.3 Å². The van der Waals surface area contributed by atoms with Crippen molar-refractivity contribution < 1.29 is 39.6 Å². The minimum atomic E-state index is -1.57. The van der Waals surface area contributed by atoms with E-state index in [1.165, 1.54) is 48.5 Å². The first kappa shape index (κ1) is 35.8. The molecule has 0 aliphatic carbocycles. The van der Waals surface area contributed by atoms with E-state index in [-0.39, 0.29) is 50.1 Å². The molecule has 8 nitrogen and oxygen atoms in total. The van der Waals surface area contributed by atoms with E-state index in [0.29, 0.717) is 0 Å². The van der Waals surface area contributed by atoms with Crippen LogP contribution in [0.1, 0.15) is 86.3 Å². The van der Waals surface area contributed by atoms with Crippen LogP contribution in [0, 0.1) is 0 Å². The summed E-state index contributed by atoms with van der Waals surface area (Å²) in [5.41, 5.74) is -1.34. The number of ketones is 4. The van der Waals surface area contributed by atoms with Crippen LogP contribution in [-0.2, 0) is 0 Å². The van der Waals surface area contributed by atoms with Crippen LogP contribution in [0.25, 0.3) is 0 Å². The highest BCUT2D eigenvalue weighted by Gasteiger charge is 2.37. The first-order valence-corrected chi connectivity index (χ1v) is 17.3. The summed E-state index contributed by atoms with van der Waals surface area (Å²) in [6.07, 6.45) is 0. The molecule has 0 unspecified atom stereocenters. The first-order chi connectivity index (χ1) is 26.7. The number of hydrogen-bond acceptors (Lipinski definition) is 8. The molecule has 0 saturated heterocycles. The van der Waals surface area contributed by atoms with E-state index in [1.807, 2.05) is 0 Å². The van der Waals surface area contributed by atoms with Crippen LogP contribution in [0.15, 0.2) is 164 Å². The zero-order valence-corrected chi connectivity index (χ0v) is 29.1. The van der Waals surface area contributed by atoms with Crippen molar-refractivity contribution in [3.05, 3.63) is 225 Å². The van der Waals surface area contributed by atoms with Crippen LogP contribution < -0.4 is 0 Å². The fourth-order valence-electron chi connectivity index (χ4n) is 6.71. The molecule has 0 fully saturated rings. The van der Waals surface area contributed by atoms with Crippen LogP contribution in [0.4, 0.5) is 0 Å². The second-order valence-electron chi connectivity index (χ2n) is 12.8. The van der Waals surface area contributed by atoms with Gasteiger partial charge >= 0.3 is 0 Å². The Kier molecular flexibility index (Phi) is 9.88. The molecule has 7 aromatic rings. The Morgan fingerprint density at radius 2 is 0.545 bits per heavy atom. The molecule has 268 valence electrons. The lowest BCUT2D eigenvalue weighted by Crippen LogP contribution is -2.15. The van der Waals surface area contributed by atoms with Crippen molar-refractivity contribution in [3.63, 3.8) is 0 Å². The van der Waals surface area contributed by atoms with Gasteiger partial charge < -0.3 is 20.4 Å². The normalized spacial score (nSPS) is 10.9. The summed E-state index contributed by atoms with van der Waals surface area (Å²) in [4.78, 5) is 56.5. The largest absolute Gasteiger partial charge is 0.507 e. The second-order valence-corrected chi connectivity index (χ2v) is 12.8. The van der Waals surface area contributed by atoms with Gasteiger partial charge in [-0.3, -0.25) is 19.2 Å². The summed E-state index contributed by atoms with van der Waals surface area (Å²) < 4.78 is 0. The van der Waals surface area contributed by atoms with Crippen molar-refractivity contribution in [1.82, 2.24) is 0 Å². The molecule has 7 aromatic carbocycles. The number of benzene rings is 7. The molecule has 0 bridgehead atoms. The number of hydrogen-bond donors (Lipinski definition) is 4. The molecule has 0 amide bonds. The van der Waals surface area contributed by atoms with Gasteiger partial charge in [-0.05, 0) is 17.7 Å². The minimum Gasteiger partial charge on any atom is -0.507 e. The van der Waals surface area contributed by atoms with Crippen molar-refractivity contribution in [3.8, 4) is 23.0 Å². The monoisotopic (exact) mass is 724 g/mol. The van der Waals surface area contributed by atoms with Crippen molar-refractivity contribution in [1.29, 1.82) is 0 Å². The van der Waals surface area contributed by atoms with Crippen LogP contribution in [0.5, 0.6) is 23.0 Å². The predicted octanol–water partition coefficient (Wildman–Crippen LogP) is 8.61. The van der Waals surface area contributed by atoms with Crippen LogP contribution in [0.3, 0.4) is 0 Å². The molecule has 7 rings (SSSR count). The number of carbonyl (C=O) groups is 4. The molecule has 0 spiro atoms. The molecule has 0 atom stereocenters. The Hall–Kier alpha value is -7.58. The molecule has 55 heavy (non-hydrogen) atoms. The highest BCUT2D eigenvalue weighted by Crippen LogP contribution is 2.52. The lowest BCUT2D eigenvalue weighted by atomic mass is 9.78. The Balaban J connectivity index is 1.59. The molecule has 8 heteroatoms. The number of carbonyl (C=O) groups excluding carboxylic acids is 4. The highest BCUT2D eigenvalue weighted by atomic mass is 16.3. The van der Waals surface area contributed by atoms with Gasteiger partial charge in [-0.25, -0.2) is 0 Å². The average Bonchev–Trinajstić information content (AvgIpc) is 3.24. The van der Waals surface area contributed by atoms with Gasteiger partial charge in [0.15, 0.2) is 23.1 Å². The lowest BCUT2D eigenvalue weighted by Gasteiger charge is -2.26. The van der Waals surface area contributed by atoms with Gasteiger partial charge in [0.05, 0.1) is 22.3 Å². The maximum Gasteiger partial charge on any atom is 0.196 e. The van der Waals surface area contributed by atoms with Gasteiger partial charge in [-0.1, -0.05) is 152 Å². The van der Waals surface area contributed by atoms with E-state index < -0.39 is 63.2 Å². The summed E-state index contributed by atoms with van der Waals surface area (Å²) in [7, 11) is 0. The van der Waals surface area contributed by atoms with E-state index in [4.69, 9.17) is 0 Å². The zero-order chi connectivity index (χ0) is 38.6. The first-order valence-electron chi connectivity index (χ1n) is 17.3. The van der Waals surface area contributed by atoms with E-state index >= 15 is 0 Å². The molecular formula is C47H32O8. The third kappa shape index (κ3) is 6.76. The van der Waals surface area contributed by atoms with Crippen molar-refractivity contribution >= 4 is 23.1 Å². The fourth-order valence-corrected chi connectivity index (χ4v) is 6.71. The number of rotatable bonds is 11. The Morgan fingerprint density at radius 3 is 0.782 bits per heavy atom. The Morgan fingerprint density at radius 1 is 0.327 bits per heavy atom. The Labute approximate surface area is 315 Å². The van der Waals surface area contributed by atoms with Crippen LogP contribution in [-0.4, -0.2) is 43.6 Å². The second kappa shape index (κ2) is 15.2. The van der Waals surface area contributed by atoms with Gasteiger partial charge in [-0.2, -0.15) is 0 Å². The third-order valence-corrected chi connectivity index (χ3v) is 9.45. The molecule has 0 aromatic heterocycles. The molecule has 4 N–H and O–H groups in total. The maximum atomic E-state index is 14.1. The molecule has 0 aliphatic heterocycles. The number of phenols is 4. The number of aromatic hydroxyl groups is 4. The van der Waals surface area contributed by atoms with Crippen molar-refractivity contribution in [2.75, 3.05) is 0 Å². The number of phenolic OH excluding ortho intramolecular Hbond substituents is 4. The van der Waals surface area contributed by atoms with Crippen LogP contribution >= 0.6 is 0 Å². The molecule has 0 aliphatic rings. The van der Waals surface area contributed by atoms with Crippen molar-refractivity contribution in [2.45, 2.75) is 5.92 Å². The maximum absolute atomic E-state index is 14.1. The summed E-state index contributed by atoms with van der Waals surface area (Å²) >= 11 is 0. The van der Waals surface area contributed by atoms with Crippen molar-refractivity contribution in [2.24, 2.45) is 0 Å². The highest BCUT2D eigenvalue weighted by molar-refractivity contribution is 6.17. The minimum absolute atomic E-state index is 0.167. The van der Waals surface area contributed by atoms with Gasteiger partial charge in [-0.15, -0.1) is 0 Å². The summed E-state index contributed by atoms with van der Waals surface area (Å²) in [6.45, 7) is 0. The molecule has 0 saturated carbocycles. The van der Waals surface area contributed by atoms with Gasteiger partial charge in [0.2, 0.25) is 0 Å². The standard InChI is InChI=1S/C47H32O8/c48-40(29-18-8-2-9-19-29)33-26-34(41(49)30-20-10-3-11-21-30)45(53)38(44(33)52)37(28-16-6-1-7-17-28)39-46(54)35(42(50)31-22-12-4-13-23-31)27-36(47(39)55)43(51)32-24-14-5-15-25-32/h1-27,37,52-55H. The van der Waals surface area contributed by atoms with E-state index in [0.717, 1.165) is 12.1 Å². The molecular weight excluding hydrogens is 693 g/mol. The quantitative estimate of drug-likeness (QED) is 0.0766. The smallest absolute Gasteiger partial charge is 0.196 e. The van der Waals surface area contributed by atoms with E-state index in [1.54, 1.807) is 103 Å². The SMILES string of the molecule is O=C(c1ccccc1)c1cc(C(=O)c2ccccc2)c(O)c(C(c2ccccc2)c2c(O)c(C(=O)c3ccccc3)cc(C(=O)c3ccccc3)c2O)c1O. The summed E-state index contributed by atoms with van der Waals surface area (Å²) in [5.74, 6) is -7.32. The van der Waals surface area contributed by atoms with Gasteiger partial charge in [0.25, 0.3) is 0 Å². The van der Waals surface area contributed by atoms with Gasteiger partial charge in [0.1, 0.15) is 23.0 Å². The fraction of sp³-hybridized carbons (Fsp3) is 0.0213. The van der Waals surface area contributed by atoms with Crippen LogP contribution in [0.2, 0.25) is 0 Å².